The maximum atomic E-state index is 13.4. The Morgan fingerprint density at radius 2 is 1.87 bits per heavy atom. The molecule has 6 heteroatoms. The number of hydrogen-bond acceptors (Lipinski definition) is 4. The highest BCUT2D eigenvalue weighted by atomic mass is 19.1. The topological polar surface area (TPSA) is 36.0 Å². The van der Waals surface area contributed by atoms with Crippen molar-refractivity contribution in [2.45, 2.75) is 31.7 Å². The third kappa shape index (κ3) is 5.37. The summed E-state index contributed by atoms with van der Waals surface area (Å²) in [5.41, 5.74) is 2.04. The number of amides is 1. The van der Waals surface area contributed by atoms with Crippen molar-refractivity contribution in [3.05, 3.63) is 59.9 Å². The van der Waals surface area contributed by atoms with Gasteiger partial charge in [-0.1, -0.05) is 24.3 Å². The Hall–Kier alpha value is -2.60. The van der Waals surface area contributed by atoms with Crippen LogP contribution >= 0.6 is 0 Å². The van der Waals surface area contributed by atoms with Crippen LogP contribution in [0, 0.1) is 5.82 Å². The molecule has 2 aliphatic heterocycles. The number of rotatable bonds is 6. The number of benzene rings is 2. The van der Waals surface area contributed by atoms with Gasteiger partial charge in [-0.25, -0.2) is 4.39 Å². The van der Waals surface area contributed by atoms with Crippen molar-refractivity contribution in [1.29, 1.82) is 0 Å². The molecule has 5 nitrogen and oxygen atoms in total. The summed E-state index contributed by atoms with van der Waals surface area (Å²) in [6.07, 6.45) is 3.22. The van der Waals surface area contributed by atoms with E-state index in [0.29, 0.717) is 18.9 Å². The standard InChI is InChI=1S/C25H32FN3O2/c1-31-24-10-3-2-9-23(24)28-16-14-27(15-17-28)22-8-5-13-29(19-22)25(30)12-11-20-6-4-7-21(26)18-20/h2-4,6-7,9-10,18,22H,5,8,11-17,19H2,1H3. The molecule has 1 amide bonds. The van der Waals surface area contributed by atoms with Gasteiger partial charge >= 0.3 is 0 Å². The van der Waals surface area contributed by atoms with Gasteiger partial charge in [0.25, 0.3) is 0 Å². The molecule has 0 saturated carbocycles. The molecule has 1 atom stereocenters. The normalized spacial score (nSPS) is 20.0. The second-order valence-electron chi connectivity index (χ2n) is 8.46. The third-order valence-electron chi connectivity index (χ3n) is 6.52. The molecule has 0 N–H and O–H groups in total. The van der Waals surface area contributed by atoms with Gasteiger partial charge in [0.15, 0.2) is 0 Å². The number of hydrogen-bond donors (Lipinski definition) is 0. The lowest BCUT2D eigenvalue weighted by molar-refractivity contribution is -0.133. The molecule has 0 radical (unpaired) electrons. The average molecular weight is 426 g/mol. The van der Waals surface area contributed by atoms with E-state index in [-0.39, 0.29) is 11.7 Å². The highest BCUT2D eigenvalue weighted by Gasteiger charge is 2.30. The Morgan fingerprint density at radius 1 is 1.06 bits per heavy atom. The fourth-order valence-corrected chi connectivity index (χ4v) is 4.80. The van der Waals surface area contributed by atoms with Crippen molar-refractivity contribution in [2.75, 3.05) is 51.3 Å². The minimum Gasteiger partial charge on any atom is -0.495 e. The van der Waals surface area contributed by atoms with Crippen molar-refractivity contribution in [2.24, 2.45) is 0 Å². The van der Waals surface area contributed by atoms with Crippen LogP contribution in [0.1, 0.15) is 24.8 Å². The zero-order valence-electron chi connectivity index (χ0n) is 18.3. The number of methoxy groups -OCH3 is 1. The predicted octanol–water partition coefficient (Wildman–Crippen LogP) is 3.58. The number of piperazine rings is 1. The van der Waals surface area contributed by atoms with E-state index in [0.717, 1.165) is 69.1 Å². The summed E-state index contributed by atoms with van der Waals surface area (Å²) in [4.78, 5) is 19.7. The van der Waals surface area contributed by atoms with Gasteiger partial charge in [0.05, 0.1) is 12.8 Å². The number of nitrogens with zero attached hydrogens (tertiary/aromatic N) is 3. The summed E-state index contributed by atoms with van der Waals surface area (Å²) in [6, 6.07) is 15.2. The highest BCUT2D eigenvalue weighted by molar-refractivity contribution is 5.76. The molecule has 2 aromatic rings. The minimum atomic E-state index is -0.241. The summed E-state index contributed by atoms with van der Waals surface area (Å²) in [7, 11) is 1.72. The van der Waals surface area contributed by atoms with Crippen molar-refractivity contribution >= 4 is 11.6 Å². The highest BCUT2D eigenvalue weighted by Crippen LogP contribution is 2.29. The monoisotopic (exact) mass is 425 g/mol. The van der Waals surface area contributed by atoms with E-state index in [1.165, 1.54) is 12.1 Å². The summed E-state index contributed by atoms with van der Waals surface area (Å²) >= 11 is 0. The lowest BCUT2D eigenvalue weighted by atomic mass is 10.0. The predicted molar refractivity (Wildman–Crippen MR) is 121 cm³/mol. The fourth-order valence-electron chi connectivity index (χ4n) is 4.80. The van der Waals surface area contributed by atoms with Gasteiger partial charge in [-0.2, -0.15) is 0 Å². The molecule has 166 valence electrons. The molecule has 4 rings (SSSR count). The number of likely N-dealkylation sites (tertiary alicyclic amines) is 1. The van der Waals surface area contributed by atoms with E-state index >= 15 is 0 Å². The number of aryl methyl sites for hydroxylation is 1. The van der Waals surface area contributed by atoms with Crippen LogP contribution in [0.2, 0.25) is 0 Å². The number of ether oxygens (including phenoxy) is 1. The van der Waals surface area contributed by atoms with Crippen LogP contribution in [0.25, 0.3) is 0 Å². The number of para-hydroxylation sites is 2. The summed E-state index contributed by atoms with van der Waals surface area (Å²) in [5.74, 6) is 0.862. The smallest absolute Gasteiger partial charge is 0.222 e. The lowest BCUT2D eigenvalue weighted by Gasteiger charge is -2.44. The largest absolute Gasteiger partial charge is 0.495 e. The average Bonchev–Trinajstić information content (AvgIpc) is 2.83. The second kappa shape index (κ2) is 10.1. The molecule has 2 aliphatic rings. The first-order chi connectivity index (χ1) is 15.1. The van der Waals surface area contributed by atoms with E-state index in [4.69, 9.17) is 4.74 Å². The van der Waals surface area contributed by atoms with Gasteiger partial charge in [0.1, 0.15) is 11.6 Å². The van der Waals surface area contributed by atoms with E-state index in [9.17, 15) is 9.18 Å². The van der Waals surface area contributed by atoms with Crippen LogP contribution in [0.4, 0.5) is 10.1 Å². The van der Waals surface area contributed by atoms with Crippen LogP contribution < -0.4 is 9.64 Å². The first kappa shape index (κ1) is 21.6. The summed E-state index contributed by atoms with van der Waals surface area (Å²) in [5, 5.41) is 0. The third-order valence-corrected chi connectivity index (χ3v) is 6.52. The van der Waals surface area contributed by atoms with Crippen molar-refractivity contribution in [1.82, 2.24) is 9.80 Å². The Bertz CT molecular complexity index is 883. The van der Waals surface area contributed by atoms with Crippen molar-refractivity contribution < 1.29 is 13.9 Å². The molecule has 0 spiro atoms. The second-order valence-corrected chi connectivity index (χ2v) is 8.46. The maximum absolute atomic E-state index is 13.4. The minimum absolute atomic E-state index is 0.182. The van der Waals surface area contributed by atoms with Crippen molar-refractivity contribution in [3.63, 3.8) is 0 Å². The number of carbonyl (C=O) groups excluding carboxylic acids is 1. The Balaban J connectivity index is 1.28. The molecule has 1 unspecified atom stereocenters. The van der Waals surface area contributed by atoms with Crippen molar-refractivity contribution in [3.8, 4) is 5.75 Å². The first-order valence-corrected chi connectivity index (χ1v) is 11.3. The summed E-state index contributed by atoms with van der Waals surface area (Å²) in [6.45, 7) is 5.55. The van der Waals surface area contributed by atoms with Gasteiger partial charge in [0.2, 0.25) is 5.91 Å². The molecular weight excluding hydrogens is 393 g/mol. The molecule has 2 fully saturated rings. The number of piperidine rings is 1. The van der Waals surface area contributed by atoms with E-state index in [1.54, 1.807) is 13.2 Å². The quantitative estimate of drug-likeness (QED) is 0.709. The van der Waals surface area contributed by atoms with Crippen LogP contribution in [0.3, 0.4) is 0 Å². The van der Waals surface area contributed by atoms with Crippen LogP contribution in [0.15, 0.2) is 48.5 Å². The molecule has 2 heterocycles. The molecule has 0 bridgehead atoms. The van der Waals surface area contributed by atoms with Gasteiger partial charge < -0.3 is 14.5 Å². The van der Waals surface area contributed by atoms with Gasteiger partial charge in [-0.05, 0) is 49.1 Å². The first-order valence-electron chi connectivity index (χ1n) is 11.3. The Kier molecular flexibility index (Phi) is 7.07. The molecule has 2 saturated heterocycles. The molecule has 2 aromatic carbocycles. The van der Waals surface area contributed by atoms with Gasteiger partial charge in [-0.3, -0.25) is 9.69 Å². The Labute approximate surface area is 184 Å². The molecule has 0 aliphatic carbocycles. The molecule has 0 aromatic heterocycles. The van der Waals surface area contributed by atoms with E-state index < -0.39 is 0 Å². The fraction of sp³-hybridized carbons (Fsp3) is 0.480. The number of carbonyl (C=O) groups is 1. The number of halogens is 1. The van der Waals surface area contributed by atoms with Crippen LogP contribution in [-0.2, 0) is 11.2 Å². The zero-order chi connectivity index (χ0) is 21.6. The van der Waals surface area contributed by atoms with E-state index in [2.05, 4.69) is 21.9 Å². The Morgan fingerprint density at radius 3 is 2.65 bits per heavy atom. The van der Waals surface area contributed by atoms with Gasteiger partial charge in [-0.15, -0.1) is 0 Å². The lowest BCUT2D eigenvalue weighted by Crippen LogP contribution is -2.56. The van der Waals surface area contributed by atoms with Crippen LogP contribution in [0.5, 0.6) is 5.75 Å². The van der Waals surface area contributed by atoms with E-state index in [1.807, 2.05) is 23.1 Å². The maximum Gasteiger partial charge on any atom is 0.222 e. The molecule has 31 heavy (non-hydrogen) atoms. The number of anilines is 1. The molecular formula is C25H32FN3O2. The zero-order valence-corrected chi connectivity index (χ0v) is 18.3. The van der Waals surface area contributed by atoms with Gasteiger partial charge in [0, 0.05) is 51.7 Å². The van der Waals surface area contributed by atoms with Crippen LogP contribution in [-0.4, -0.2) is 68.1 Å². The SMILES string of the molecule is COc1ccccc1N1CCN(C2CCCN(C(=O)CCc3cccc(F)c3)C2)CC1. The summed E-state index contributed by atoms with van der Waals surface area (Å²) < 4.78 is 18.9.